The van der Waals surface area contributed by atoms with Crippen molar-refractivity contribution in [3.63, 3.8) is 0 Å². The van der Waals surface area contributed by atoms with Crippen molar-refractivity contribution in [2.75, 3.05) is 7.11 Å². The van der Waals surface area contributed by atoms with E-state index in [9.17, 15) is 0 Å². The van der Waals surface area contributed by atoms with Gasteiger partial charge in [0, 0.05) is 0 Å². The molecule has 0 aliphatic heterocycles. The summed E-state index contributed by atoms with van der Waals surface area (Å²) in [7, 11) is 1.66. The quantitative estimate of drug-likeness (QED) is 0.312. The fourth-order valence-corrected chi connectivity index (χ4v) is 0.544. The molecule has 1 nitrogen and oxygen atoms in total. The van der Waals surface area contributed by atoms with Gasteiger partial charge < -0.3 is 4.74 Å². The van der Waals surface area contributed by atoms with E-state index in [1.807, 2.05) is 12.2 Å². The smallest absolute Gasteiger partial charge is 0.0784 e. The number of ether oxygens (including phenoxy) is 1. The first-order valence-corrected chi connectivity index (χ1v) is 3.20. The third-order valence-electron chi connectivity index (χ3n) is 1.01. The standard InChI is InChI=1S/C8H14O/c1-3-4-5-6-7-8-9-2/h3,7-8H,1,4-6H2,2H3. The number of unbranched alkanes of at least 4 members (excludes halogenated alkanes) is 2. The van der Waals surface area contributed by atoms with Crippen molar-refractivity contribution in [3.05, 3.63) is 25.0 Å². The predicted octanol–water partition coefficient (Wildman–Crippen LogP) is 2.50. The van der Waals surface area contributed by atoms with Crippen molar-refractivity contribution in [1.82, 2.24) is 0 Å². The van der Waals surface area contributed by atoms with Crippen LogP contribution in [0.2, 0.25) is 0 Å². The summed E-state index contributed by atoms with van der Waals surface area (Å²) >= 11 is 0. The lowest BCUT2D eigenvalue weighted by Gasteiger charge is -1.88. The molecular formula is C8H14O. The van der Waals surface area contributed by atoms with Crippen LogP contribution in [0.15, 0.2) is 25.0 Å². The maximum atomic E-state index is 4.72. The Morgan fingerprint density at radius 2 is 2.22 bits per heavy atom. The molecule has 9 heavy (non-hydrogen) atoms. The van der Waals surface area contributed by atoms with E-state index in [-0.39, 0.29) is 0 Å². The lowest BCUT2D eigenvalue weighted by molar-refractivity contribution is 0.336. The molecule has 0 bridgehead atoms. The second-order valence-corrected chi connectivity index (χ2v) is 1.83. The van der Waals surface area contributed by atoms with E-state index in [0.29, 0.717) is 0 Å². The Bertz CT molecular complexity index is 84.6. The van der Waals surface area contributed by atoms with E-state index in [0.717, 1.165) is 12.8 Å². The lowest BCUT2D eigenvalue weighted by atomic mass is 10.2. The van der Waals surface area contributed by atoms with Crippen LogP contribution in [-0.2, 0) is 4.74 Å². The molecule has 1 heteroatoms. The Labute approximate surface area is 57.0 Å². The monoisotopic (exact) mass is 126 g/mol. The minimum absolute atomic E-state index is 1.08. The second-order valence-electron chi connectivity index (χ2n) is 1.83. The normalized spacial score (nSPS) is 9.89. The molecule has 0 fully saturated rings. The molecule has 0 aromatic carbocycles. The molecule has 0 unspecified atom stereocenters. The van der Waals surface area contributed by atoms with Gasteiger partial charge in [0.2, 0.25) is 0 Å². The highest BCUT2D eigenvalue weighted by Crippen LogP contribution is 1.95. The maximum Gasteiger partial charge on any atom is 0.0784 e. The Morgan fingerprint density at radius 1 is 1.44 bits per heavy atom. The second kappa shape index (κ2) is 7.28. The molecule has 0 aliphatic rings. The number of hydrogen-bond donors (Lipinski definition) is 0. The molecule has 0 heterocycles. The molecule has 0 aromatic heterocycles. The average Bonchev–Trinajstić information content (AvgIpc) is 1.89. The Balaban J connectivity index is 2.90. The summed E-state index contributed by atoms with van der Waals surface area (Å²) in [6, 6.07) is 0. The molecule has 0 aliphatic carbocycles. The fraction of sp³-hybridized carbons (Fsp3) is 0.500. The molecule has 0 spiro atoms. The average molecular weight is 126 g/mol. The molecule has 0 rings (SSSR count). The van der Waals surface area contributed by atoms with E-state index in [4.69, 9.17) is 4.74 Å². The van der Waals surface area contributed by atoms with Gasteiger partial charge in [-0.3, -0.25) is 0 Å². The van der Waals surface area contributed by atoms with Gasteiger partial charge in [-0.15, -0.1) is 6.58 Å². The summed E-state index contributed by atoms with van der Waals surface area (Å²) in [6.07, 6.45) is 9.00. The minimum Gasteiger partial charge on any atom is -0.505 e. The van der Waals surface area contributed by atoms with Gasteiger partial charge >= 0.3 is 0 Å². The highest BCUT2D eigenvalue weighted by atomic mass is 16.5. The zero-order chi connectivity index (χ0) is 6.95. The van der Waals surface area contributed by atoms with Gasteiger partial charge in [-0.2, -0.15) is 0 Å². The summed E-state index contributed by atoms with van der Waals surface area (Å²) < 4.78 is 4.72. The zero-order valence-corrected chi connectivity index (χ0v) is 5.97. The van der Waals surface area contributed by atoms with Crippen molar-refractivity contribution in [2.24, 2.45) is 0 Å². The summed E-state index contributed by atoms with van der Waals surface area (Å²) in [5.74, 6) is 0. The van der Waals surface area contributed by atoms with Gasteiger partial charge in [0.15, 0.2) is 0 Å². The van der Waals surface area contributed by atoms with E-state index < -0.39 is 0 Å². The van der Waals surface area contributed by atoms with E-state index in [1.165, 1.54) is 6.42 Å². The molecule has 0 aromatic rings. The van der Waals surface area contributed by atoms with Crippen molar-refractivity contribution in [2.45, 2.75) is 19.3 Å². The topological polar surface area (TPSA) is 9.23 Å². The van der Waals surface area contributed by atoms with Crippen LogP contribution in [0.5, 0.6) is 0 Å². The first-order valence-electron chi connectivity index (χ1n) is 3.20. The Morgan fingerprint density at radius 3 is 2.78 bits per heavy atom. The first-order chi connectivity index (χ1) is 4.41. The summed E-state index contributed by atoms with van der Waals surface area (Å²) in [5, 5.41) is 0. The van der Waals surface area contributed by atoms with Gasteiger partial charge in [0.05, 0.1) is 13.4 Å². The van der Waals surface area contributed by atoms with Crippen LogP contribution in [0, 0.1) is 0 Å². The lowest BCUT2D eigenvalue weighted by Crippen LogP contribution is -1.69. The van der Waals surface area contributed by atoms with Gasteiger partial charge in [0.1, 0.15) is 0 Å². The Hall–Kier alpha value is -0.720. The molecule has 0 radical (unpaired) electrons. The first kappa shape index (κ1) is 8.28. The maximum absolute atomic E-state index is 4.72. The molecule has 0 saturated heterocycles. The van der Waals surface area contributed by atoms with Gasteiger partial charge in [-0.25, -0.2) is 0 Å². The van der Waals surface area contributed by atoms with Crippen LogP contribution in [0.4, 0.5) is 0 Å². The van der Waals surface area contributed by atoms with E-state index in [2.05, 4.69) is 6.58 Å². The van der Waals surface area contributed by atoms with Crippen LogP contribution < -0.4 is 0 Å². The van der Waals surface area contributed by atoms with Crippen LogP contribution in [0.1, 0.15) is 19.3 Å². The van der Waals surface area contributed by atoms with E-state index >= 15 is 0 Å². The molecular weight excluding hydrogens is 112 g/mol. The highest BCUT2D eigenvalue weighted by molar-refractivity contribution is 4.75. The predicted molar refractivity (Wildman–Crippen MR) is 40.2 cm³/mol. The number of rotatable bonds is 5. The van der Waals surface area contributed by atoms with Gasteiger partial charge in [0.25, 0.3) is 0 Å². The third kappa shape index (κ3) is 7.28. The zero-order valence-electron chi connectivity index (χ0n) is 5.97. The summed E-state index contributed by atoms with van der Waals surface area (Å²) in [4.78, 5) is 0. The van der Waals surface area contributed by atoms with Crippen molar-refractivity contribution in [3.8, 4) is 0 Å². The van der Waals surface area contributed by atoms with Crippen molar-refractivity contribution < 1.29 is 4.74 Å². The largest absolute Gasteiger partial charge is 0.505 e. The van der Waals surface area contributed by atoms with Crippen LogP contribution in [0.25, 0.3) is 0 Å². The van der Waals surface area contributed by atoms with Crippen LogP contribution in [-0.4, -0.2) is 7.11 Å². The summed E-state index contributed by atoms with van der Waals surface area (Å²) in [6.45, 7) is 3.62. The Kier molecular flexibility index (Phi) is 6.70. The molecule has 0 amide bonds. The minimum atomic E-state index is 1.08. The molecule has 52 valence electrons. The van der Waals surface area contributed by atoms with Gasteiger partial charge in [-0.05, 0) is 25.3 Å². The third-order valence-corrected chi connectivity index (χ3v) is 1.01. The van der Waals surface area contributed by atoms with Crippen molar-refractivity contribution in [1.29, 1.82) is 0 Å². The SMILES string of the molecule is C=CCCCC=COC. The van der Waals surface area contributed by atoms with Crippen LogP contribution in [0.3, 0.4) is 0 Å². The van der Waals surface area contributed by atoms with Crippen LogP contribution >= 0.6 is 0 Å². The van der Waals surface area contributed by atoms with Crippen molar-refractivity contribution >= 4 is 0 Å². The van der Waals surface area contributed by atoms with Gasteiger partial charge in [-0.1, -0.05) is 6.08 Å². The molecule has 0 atom stereocenters. The fourth-order valence-electron chi connectivity index (χ4n) is 0.544. The highest BCUT2D eigenvalue weighted by Gasteiger charge is 1.77. The number of allylic oxidation sites excluding steroid dienone is 2. The number of methoxy groups -OCH3 is 1. The number of hydrogen-bond acceptors (Lipinski definition) is 1. The van der Waals surface area contributed by atoms with E-state index in [1.54, 1.807) is 13.4 Å². The summed E-state index contributed by atoms with van der Waals surface area (Å²) in [5.41, 5.74) is 0. The molecule has 0 saturated carbocycles. The molecule has 0 N–H and O–H groups in total.